The van der Waals surface area contributed by atoms with E-state index < -0.39 is 0 Å². The second-order valence-corrected chi connectivity index (χ2v) is 5.02. The van der Waals surface area contributed by atoms with Crippen LogP contribution in [0.2, 0.25) is 0 Å². The Hall–Kier alpha value is -0.930. The normalized spacial score (nSPS) is 26.7. The van der Waals surface area contributed by atoms with Gasteiger partial charge in [-0.2, -0.15) is 0 Å². The number of aromatic nitrogens is 1. The van der Waals surface area contributed by atoms with Crippen LogP contribution < -0.4 is 5.32 Å². The molecule has 0 aromatic carbocycles. The molecule has 0 saturated carbocycles. The Balaban J connectivity index is 2.05. The average Bonchev–Trinajstić information content (AvgIpc) is 2.38. The molecule has 0 aliphatic carbocycles. The maximum absolute atomic E-state index is 6.01. The van der Waals surface area contributed by atoms with Gasteiger partial charge in [0.25, 0.3) is 0 Å². The summed E-state index contributed by atoms with van der Waals surface area (Å²) in [4.78, 5) is 4.06. The number of hydrogen-bond donors (Lipinski definition) is 1. The maximum Gasteiger partial charge on any atom is 0.0809 e. The van der Waals surface area contributed by atoms with E-state index in [0.29, 0.717) is 6.04 Å². The fraction of sp³-hybridized carbons (Fsp3) is 0.643. The van der Waals surface area contributed by atoms with E-state index in [9.17, 15) is 0 Å². The summed E-state index contributed by atoms with van der Waals surface area (Å²) in [7, 11) is 2.02. The summed E-state index contributed by atoms with van der Waals surface area (Å²) in [6, 6.07) is 4.53. The van der Waals surface area contributed by atoms with Crippen LogP contribution >= 0.6 is 0 Å². The fourth-order valence-corrected chi connectivity index (χ4v) is 2.61. The third-order valence-corrected chi connectivity index (χ3v) is 3.77. The lowest BCUT2D eigenvalue weighted by Crippen LogP contribution is -2.52. The summed E-state index contributed by atoms with van der Waals surface area (Å²) in [6.45, 7) is 3.12. The highest BCUT2D eigenvalue weighted by Gasteiger charge is 2.35. The largest absolute Gasteiger partial charge is 0.374 e. The average molecular weight is 234 g/mol. The molecule has 2 unspecified atom stereocenters. The monoisotopic (exact) mass is 234 g/mol. The zero-order valence-corrected chi connectivity index (χ0v) is 10.8. The molecule has 1 aromatic rings. The number of ether oxygens (including phenoxy) is 1. The van der Waals surface area contributed by atoms with Crippen molar-refractivity contribution in [1.29, 1.82) is 0 Å². The van der Waals surface area contributed by atoms with Gasteiger partial charge in [0.1, 0.15) is 0 Å². The van der Waals surface area contributed by atoms with E-state index in [1.54, 1.807) is 0 Å². The van der Waals surface area contributed by atoms with Gasteiger partial charge < -0.3 is 10.1 Å². The van der Waals surface area contributed by atoms with E-state index in [4.69, 9.17) is 4.74 Å². The van der Waals surface area contributed by atoms with Gasteiger partial charge in [0, 0.05) is 25.0 Å². The SMILES string of the molecule is CNC(Cc1ccncc1)C1(C)CCCCO1. The smallest absolute Gasteiger partial charge is 0.0809 e. The predicted octanol–water partition coefficient (Wildman–Crippen LogP) is 2.17. The van der Waals surface area contributed by atoms with Crippen LogP contribution in [0.25, 0.3) is 0 Å². The van der Waals surface area contributed by atoms with Crippen molar-refractivity contribution in [3.63, 3.8) is 0 Å². The highest BCUT2D eigenvalue weighted by atomic mass is 16.5. The summed E-state index contributed by atoms with van der Waals surface area (Å²) in [5.41, 5.74) is 1.28. The van der Waals surface area contributed by atoms with Gasteiger partial charge in [0.05, 0.1) is 5.60 Å². The van der Waals surface area contributed by atoms with E-state index in [0.717, 1.165) is 19.4 Å². The third kappa shape index (κ3) is 3.05. The second kappa shape index (κ2) is 5.61. The lowest BCUT2D eigenvalue weighted by molar-refractivity contribution is -0.0870. The molecule has 94 valence electrons. The first-order chi connectivity index (χ1) is 8.24. The van der Waals surface area contributed by atoms with Crippen molar-refractivity contribution in [1.82, 2.24) is 10.3 Å². The lowest BCUT2D eigenvalue weighted by Gasteiger charge is -2.40. The van der Waals surface area contributed by atoms with Crippen LogP contribution in [0.1, 0.15) is 31.7 Å². The number of nitrogens with one attached hydrogen (secondary N) is 1. The first-order valence-electron chi connectivity index (χ1n) is 6.45. The predicted molar refractivity (Wildman–Crippen MR) is 69.0 cm³/mol. The van der Waals surface area contributed by atoms with E-state index in [1.807, 2.05) is 19.4 Å². The van der Waals surface area contributed by atoms with Crippen LogP contribution in [0, 0.1) is 0 Å². The van der Waals surface area contributed by atoms with Gasteiger partial charge in [-0.15, -0.1) is 0 Å². The van der Waals surface area contributed by atoms with Gasteiger partial charge in [-0.3, -0.25) is 4.98 Å². The highest BCUT2D eigenvalue weighted by Crippen LogP contribution is 2.29. The molecule has 0 spiro atoms. The summed E-state index contributed by atoms with van der Waals surface area (Å²) in [6.07, 6.45) is 8.31. The Morgan fingerprint density at radius 1 is 1.41 bits per heavy atom. The number of likely N-dealkylation sites (N-methyl/N-ethyl adjacent to an activating group) is 1. The number of pyridine rings is 1. The molecule has 1 saturated heterocycles. The van der Waals surface area contributed by atoms with Crippen molar-refractivity contribution in [2.45, 2.75) is 44.2 Å². The Bertz CT molecular complexity index is 333. The molecule has 1 aromatic heterocycles. The van der Waals surface area contributed by atoms with Crippen molar-refractivity contribution >= 4 is 0 Å². The van der Waals surface area contributed by atoms with E-state index >= 15 is 0 Å². The minimum Gasteiger partial charge on any atom is -0.374 e. The maximum atomic E-state index is 6.01. The highest BCUT2D eigenvalue weighted by molar-refractivity contribution is 5.13. The Morgan fingerprint density at radius 3 is 2.76 bits per heavy atom. The van der Waals surface area contributed by atoms with E-state index in [2.05, 4.69) is 29.4 Å². The van der Waals surface area contributed by atoms with Gasteiger partial charge in [0.15, 0.2) is 0 Å². The molecule has 2 rings (SSSR count). The molecule has 3 nitrogen and oxygen atoms in total. The molecule has 1 aliphatic heterocycles. The van der Waals surface area contributed by atoms with Crippen LogP contribution in [0.3, 0.4) is 0 Å². The Labute approximate surface area is 104 Å². The molecular weight excluding hydrogens is 212 g/mol. The molecule has 1 aliphatic rings. The molecule has 1 N–H and O–H groups in total. The van der Waals surface area contributed by atoms with Gasteiger partial charge in [0.2, 0.25) is 0 Å². The van der Waals surface area contributed by atoms with Crippen LogP contribution in [0.5, 0.6) is 0 Å². The van der Waals surface area contributed by atoms with Crippen LogP contribution in [0.4, 0.5) is 0 Å². The minimum atomic E-state index is -0.0315. The quantitative estimate of drug-likeness (QED) is 0.867. The molecule has 2 atom stereocenters. The third-order valence-electron chi connectivity index (χ3n) is 3.77. The van der Waals surface area contributed by atoms with Gasteiger partial charge in [-0.25, -0.2) is 0 Å². The summed E-state index contributed by atoms with van der Waals surface area (Å²) >= 11 is 0. The number of nitrogens with zero attached hydrogens (tertiary/aromatic N) is 1. The van der Waals surface area contributed by atoms with E-state index in [-0.39, 0.29) is 5.60 Å². The zero-order chi connectivity index (χ0) is 12.1. The molecule has 17 heavy (non-hydrogen) atoms. The molecule has 1 fully saturated rings. The van der Waals surface area contributed by atoms with Crippen molar-refractivity contribution in [3.05, 3.63) is 30.1 Å². The van der Waals surface area contributed by atoms with Gasteiger partial charge in [-0.1, -0.05) is 0 Å². The van der Waals surface area contributed by atoms with Crippen molar-refractivity contribution in [2.24, 2.45) is 0 Å². The second-order valence-electron chi connectivity index (χ2n) is 5.02. The van der Waals surface area contributed by atoms with Crippen LogP contribution in [0.15, 0.2) is 24.5 Å². The first-order valence-corrected chi connectivity index (χ1v) is 6.45. The van der Waals surface area contributed by atoms with Crippen molar-refractivity contribution in [3.8, 4) is 0 Å². The van der Waals surface area contributed by atoms with Crippen LogP contribution in [-0.4, -0.2) is 30.3 Å². The van der Waals surface area contributed by atoms with Crippen molar-refractivity contribution < 1.29 is 4.74 Å². The number of rotatable bonds is 4. The molecule has 3 heteroatoms. The summed E-state index contributed by atoms with van der Waals surface area (Å²) < 4.78 is 6.01. The summed E-state index contributed by atoms with van der Waals surface area (Å²) in [5, 5.41) is 3.42. The Kier molecular flexibility index (Phi) is 4.13. The first kappa shape index (κ1) is 12.5. The number of hydrogen-bond acceptors (Lipinski definition) is 3. The molecule has 0 bridgehead atoms. The summed E-state index contributed by atoms with van der Waals surface area (Å²) in [5.74, 6) is 0. The lowest BCUT2D eigenvalue weighted by atomic mass is 9.85. The van der Waals surface area contributed by atoms with Gasteiger partial charge >= 0.3 is 0 Å². The molecule has 0 radical (unpaired) electrons. The van der Waals surface area contributed by atoms with Crippen LogP contribution in [-0.2, 0) is 11.2 Å². The Morgan fingerprint density at radius 2 is 2.18 bits per heavy atom. The van der Waals surface area contributed by atoms with Crippen molar-refractivity contribution in [2.75, 3.05) is 13.7 Å². The molecular formula is C14H22N2O. The van der Waals surface area contributed by atoms with Gasteiger partial charge in [-0.05, 0) is 57.4 Å². The minimum absolute atomic E-state index is 0.0315. The molecule has 2 heterocycles. The van der Waals surface area contributed by atoms with E-state index in [1.165, 1.54) is 18.4 Å². The standard InChI is InChI=1S/C14H22N2O/c1-14(7-3-4-10-17-14)13(15-2)11-12-5-8-16-9-6-12/h5-6,8-9,13,15H,3-4,7,10-11H2,1-2H3. The zero-order valence-electron chi connectivity index (χ0n) is 10.8. The molecule has 0 amide bonds. The topological polar surface area (TPSA) is 34.2 Å². The fourth-order valence-electron chi connectivity index (χ4n) is 2.61.